The largest absolute Gasteiger partial charge is 0.478 e. The molecule has 5 nitrogen and oxygen atoms in total. The van der Waals surface area contributed by atoms with Gasteiger partial charge in [-0.25, -0.2) is 9.59 Å². The van der Waals surface area contributed by atoms with Gasteiger partial charge in [-0.2, -0.15) is 0 Å². The van der Waals surface area contributed by atoms with E-state index in [0.717, 1.165) is 6.08 Å². The molecule has 0 bridgehead atoms. The Morgan fingerprint density at radius 3 is 1.31 bits per heavy atom. The molecular weight excluding hydrogens is 234 g/mol. The number of rotatable bonds is 2. The molecule has 0 aromatic heterocycles. The molecule has 0 spiro atoms. The molecule has 0 saturated carbocycles. The number of hydrogen-bond acceptors (Lipinski definition) is 3. The minimum atomic E-state index is -0.981. The Hall–Kier alpha value is -1.33. The summed E-state index contributed by atoms with van der Waals surface area (Å²) in [5, 5.41) is 15.5. The minimum Gasteiger partial charge on any atom is -0.478 e. The smallest absolute Gasteiger partial charge is 0.330 e. The highest BCUT2D eigenvalue weighted by molar-refractivity contribution is 5.85. The third-order valence-corrected chi connectivity index (χ3v) is 0.540. The van der Waals surface area contributed by atoms with E-state index in [1.54, 1.807) is 0 Å². The summed E-state index contributed by atoms with van der Waals surface area (Å²) in [6.45, 7) is 7.56. The molecule has 2 N–H and O–H groups in total. The van der Waals surface area contributed by atoms with Crippen LogP contribution < -0.4 is 0 Å². The van der Waals surface area contributed by atoms with E-state index in [9.17, 15) is 9.59 Å². The van der Waals surface area contributed by atoms with Crippen molar-refractivity contribution in [2.24, 2.45) is 0 Å². The van der Waals surface area contributed by atoms with Crippen LogP contribution in [-0.4, -0.2) is 48.2 Å². The zero-order valence-corrected chi connectivity index (χ0v) is 10.9. The average Bonchev–Trinajstić information content (AvgIpc) is 2.04. The lowest BCUT2D eigenvalue weighted by Gasteiger charge is -1.90. The van der Waals surface area contributed by atoms with Crippen LogP contribution >= 0.6 is 12.4 Å². The van der Waals surface area contributed by atoms with E-state index < -0.39 is 11.9 Å². The van der Waals surface area contributed by atoms with Crippen molar-refractivity contribution in [2.75, 3.05) is 21.1 Å². The van der Waals surface area contributed by atoms with E-state index in [1.807, 2.05) is 26.0 Å². The first-order chi connectivity index (χ1) is 6.64. The maximum atomic E-state index is 9.60. The van der Waals surface area contributed by atoms with Crippen molar-refractivity contribution in [3.05, 3.63) is 24.8 Å². The van der Waals surface area contributed by atoms with Crippen molar-refractivity contribution >= 4 is 24.3 Å². The molecule has 0 aliphatic carbocycles. The Morgan fingerprint density at radius 1 is 1.19 bits per heavy atom. The predicted octanol–water partition coefficient (Wildman–Crippen LogP) is 1.50. The Bertz CT molecular complexity index is 212. The molecular formula is C10H20ClNO4. The molecule has 0 aromatic rings. The number of carboxylic acids is 2. The van der Waals surface area contributed by atoms with Gasteiger partial charge in [0.15, 0.2) is 0 Å². The summed E-state index contributed by atoms with van der Waals surface area (Å²) in [5.41, 5.74) is 0.176. The topological polar surface area (TPSA) is 77.8 Å². The Balaban J connectivity index is -0.0000000668. The van der Waals surface area contributed by atoms with Crippen molar-refractivity contribution in [3.63, 3.8) is 0 Å². The molecule has 0 aromatic carbocycles. The van der Waals surface area contributed by atoms with Gasteiger partial charge in [0.1, 0.15) is 0 Å². The summed E-state index contributed by atoms with van der Waals surface area (Å²) in [6.07, 6.45) is 0.833. The van der Waals surface area contributed by atoms with Gasteiger partial charge in [-0.15, -0.1) is 12.4 Å². The fourth-order valence-corrected chi connectivity index (χ4v) is 0. The third-order valence-electron chi connectivity index (χ3n) is 0.540. The SMILES string of the molecule is C=C(C)C(=O)O.C=CC(=O)O.CN(C)C.Cl. The normalized spacial score (nSPS) is 7.06. The van der Waals surface area contributed by atoms with E-state index in [-0.39, 0.29) is 18.0 Å². The van der Waals surface area contributed by atoms with E-state index in [1.165, 1.54) is 6.92 Å². The van der Waals surface area contributed by atoms with Gasteiger partial charge in [0.25, 0.3) is 0 Å². The number of carboxylic acid groups (broad SMARTS) is 2. The molecule has 96 valence electrons. The van der Waals surface area contributed by atoms with Crippen LogP contribution in [0.2, 0.25) is 0 Å². The molecule has 0 saturated heterocycles. The Kier molecular flexibility index (Phi) is 24.2. The molecule has 0 fully saturated rings. The molecule has 0 radical (unpaired) electrons. The summed E-state index contributed by atoms with van der Waals surface area (Å²) in [5.74, 6) is -1.92. The summed E-state index contributed by atoms with van der Waals surface area (Å²) < 4.78 is 0. The predicted molar refractivity (Wildman–Crippen MR) is 67.1 cm³/mol. The molecule has 0 unspecified atom stereocenters. The molecule has 0 atom stereocenters. The highest BCUT2D eigenvalue weighted by Gasteiger charge is 1.90. The van der Waals surface area contributed by atoms with Crippen LogP contribution in [0.3, 0.4) is 0 Å². The monoisotopic (exact) mass is 253 g/mol. The standard InChI is InChI=1S/C4H6O2.C3H9N.C3H4O2.ClH/c1-3(2)4(5)6;1-4(2)3;1-2-3(4)5;/h1H2,2H3,(H,5,6);1-3H3;2H,1H2,(H,4,5);1H. The summed E-state index contributed by atoms with van der Waals surface area (Å²) in [6, 6.07) is 0. The zero-order valence-electron chi connectivity index (χ0n) is 10.1. The Morgan fingerprint density at radius 2 is 1.31 bits per heavy atom. The zero-order chi connectivity index (χ0) is 13.0. The van der Waals surface area contributed by atoms with Crippen LogP contribution in [0.15, 0.2) is 24.8 Å². The number of hydrogen-bond donors (Lipinski definition) is 2. The highest BCUT2D eigenvalue weighted by atomic mass is 35.5. The maximum absolute atomic E-state index is 9.60. The van der Waals surface area contributed by atoms with Crippen LogP contribution in [-0.2, 0) is 9.59 Å². The van der Waals surface area contributed by atoms with E-state index in [2.05, 4.69) is 13.2 Å². The molecule has 0 aliphatic rings. The van der Waals surface area contributed by atoms with Crippen molar-refractivity contribution in [1.29, 1.82) is 0 Å². The van der Waals surface area contributed by atoms with Gasteiger partial charge in [0.2, 0.25) is 0 Å². The third kappa shape index (κ3) is 79.1. The second-order valence-corrected chi connectivity index (χ2v) is 2.97. The quantitative estimate of drug-likeness (QED) is 0.730. The number of aliphatic carboxylic acids is 2. The average molecular weight is 254 g/mol. The minimum absolute atomic E-state index is 0. The van der Waals surface area contributed by atoms with Crippen LogP contribution in [0, 0.1) is 0 Å². The van der Waals surface area contributed by atoms with E-state index in [0.29, 0.717) is 0 Å². The second-order valence-electron chi connectivity index (χ2n) is 2.97. The molecule has 0 amide bonds. The number of nitrogens with zero attached hydrogens (tertiary/aromatic N) is 1. The van der Waals surface area contributed by atoms with Crippen LogP contribution in [0.1, 0.15) is 6.92 Å². The summed E-state index contributed by atoms with van der Waals surface area (Å²) in [4.78, 5) is 20.8. The van der Waals surface area contributed by atoms with Crippen molar-refractivity contribution in [3.8, 4) is 0 Å². The lowest BCUT2D eigenvalue weighted by Crippen LogP contribution is -1.99. The molecule has 0 rings (SSSR count). The molecule has 16 heavy (non-hydrogen) atoms. The van der Waals surface area contributed by atoms with Gasteiger partial charge < -0.3 is 15.1 Å². The van der Waals surface area contributed by atoms with Crippen LogP contribution in [0.4, 0.5) is 0 Å². The van der Waals surface area contributed by atoms with Crippen LogP contribution in [0.5, 0.6) is 0 Å². The van der Waals surface area contributed by atoms with Gasteiger partial charge in [-0.05, 0) is 28.1 Å². The summed E-state index contributed by atoms with van der Waals surface area (Å²) >= 11 is 0. The van der Waals surface area contributed by atoms with Crippen molar-refractivity contribution < 1.29 is 19.8 Å². The number of halogens is 1. The highest BCUT2D eigenvalue weighted by Crippen LogP contribution is 1.81. The fourth-order valence-electron chi connectivity index (χ4n) is 0. The van der Waals surface area contributed by atoms with Gasteiger partial charge >= 0.3 is 11.9 Å². The van der Waals surface area contributed by atoms with Gasteiger partial charge in [-0.1, -0.05) is 13.2 Å². The van der Waals surface area contributed by atoms with Crippen LogP contribution in [0.25, 0.3) is 0 Å². The van der Waals surface area contributed by atoms with Gasteiger partial charge in [0, 0.05) is 11.6 Å². The first-order valence-electron chi connectivity index (χ1n) is 4.00. The van der Waals surface area contributed by atoms with Gasteiger partial charge in [-0.3, -0.25) is 0 Å². The molecule has 6 heteroatoms. The first-order valence-corrected chi connectivity index (χ1v) is 4.00. The van der Waals surface area contributed by atoms with Crippen molar-refractivity contribution in [2.45, 2.75) is 6.92 Å². The van der Waals surface area contributed by atoms with E-state index in [4.69, 9.17) is 10.2 Å². The van der Waals surface area contributed by atoms with Crippen molar-refractivity contribution in [1.82, 2.24) is 4.90 Å². The summed E-state index contributed by atoms with van der Waals surface area (Å²) in [7, 11) is 6.00. The first kappa shape index (κ1) is 24.1. The number of carbonyl (C=O) groups is 2. The fraction of sp³-hybridized carbons (Fsp3) is 0.400. The lowest BCUT2D eigenvalue weighted by molar-refractivity contribution is -0.133. The lowest BCUT2D eigenvalue weighted by atomic mass is 10.4. The van der Waals surface area contributed by atoms with E-state index >= 15 is 0 Å². The Labute approximate surface area is 102 Å². The molecule has 0 heterocycles. The van der Waals surface area contributed by atoms with Gasteiger partial charge in [0.05, 0.1) is 0 Å². The maximum Gasteiger partial charge on any atom is 0.330 e. The molecule has 0 aliphatic heterocycles. The second kappa shape index (κ2) is 16.1.